The molecule has 3 aromatic heterocycles. The maximum atomic E-state index is 12.4. The number of amides is 1. The molecule has 1 aliphatic heterocycles. The van der Waals surface area contributed by atoms with Gasteiger partial charge in [0.05, 0.1) is 43.3 Å². The SMILES string of the molecule is COc1ccc(-n2cc(Nc3ncc(Cl)c(NC4CC5CN(C(=O)OC(C)(C)C)CC5C4)n3)cn2)cn1. The van der Waals surface area contributed by atoms with Crippen LogP contribution < -0.4 is 15.4 Å². The number of likely N-dealkylation sites (tertiary alicyclic amines) is 1. The molecule has 2 N–H and O–H groups in total. The number of rotatable bonds is 6. The van der Waals surface area contributed by atoms with Gasteiger partial charge in [-0.2, -0.15) is 10.1 Å². The molecular weight excluding hydrogens is 496 g/mol. The van der Waals surface area contributed by atoms with Crippen molar-refractivity contribution >= 4 is 35.1 Å². The normalized spacial score (nSPS) is 21.0. The highest BCUT2D eigenvalue weighted by Crippen LogP contribution is 2.40. The fourth-order valence-corrected chi connectivity index (χ4v) is 5.05. The van der Waals surface area contributed by atoms with E-state index in [-0.39, 0.29) is 12.1 Å². The van der Waals surface area contributed by atoms with Gasteiger partial charge in [-0.05, 0) is 51.5 Å². The summed E-state index contributed by atoms with van der Waals surface area (Å²) in [5, 5.41) is 11.5. The Morgan fingerprint density at radius 1 is 1.11 bits per heavy atom. The van der Waals surface area contributed by atoms with E-state index in [0.717, 1.165) is 37.3 Å². The van der Waals surface area contributed by atoms with E-state index in [1.165, 1.54) is 0 Å². The molecule has 2 atom stereocenters. The van der Waals surface area contributed by atoms with Crippen LogP contribution in [0.2, 0.25) is 5.02 Å². The number of pyridine rings is 1. The Morgan fingerprint density at radius 3 is 2.51 bits per heavy atom. The number of nitrogens with one attached hydrogen (secondary N) is 2. The second-order valence-electron chi connectivity index (χ2n) is 10.5. The van der Waals surface area contributed by atoms with Crippen LogP contribution in [0.4, 0.5) is 22.2 Å². The minimum absolute atomic E-state index is 0.223. The maximum absolute atomic E-state index is 12.4. The molecule has 0 aromatic carbocycles. The zero-order valence-corrected chi connectivity index (χ0v) is 22.1. The van der Waals surface area contributed by atoms with Crippen molar-refractivity contribution in [3.63, 3.8) is 0 Å². The molecule has 196 valence electrons. The molecule has 12 heteroatoms. The molecule has 5 rings (SSSR count). The van der Waals surface area contributed by atoms with Crippen LogP contribution in [-0.2, 0) is 4.74 Å². The topological polar surface area (TPSA) is 119 Å². The summed E-state index contributed by atoms with van der Waals surface area (Å²) < 4.78 is 12.3. The Kier molecular flexibility index (Phi) is 6.80. The Balaban J connectivity index is 1.18. The van der Waals surface area contributed by atoms with Crippen LogP contribution in [0.25, 0.3) is 5.69 Å². The van der Waals surface area contributed by atoms with Gasteiger partial charge in [-0.25, -0.2) is 19.4 Å². The fraction of sp³-hybridized carbons (Fsp3) is 0.480. The van der Waals surface area contributed by atoms with Gasteiger partial charge in [0.25, 0.3) is 0 Å². The number of nitrogens with zero attached hydrogens (tertiary/aromatic N) is 6. The summed E-state index contributed by atoms with van der Waals surface area (Å²) in [5.74, 6) is 2.40. The molecule has 0 radical (unpaired) electrons. The Morgan fingerprint density at radius 2 is 1.86 bits per heavy atom. The van der Waals surface area contributed by atoms with Crippen LogP contribution in [0.15, 0.2) is 36.9 Å². The van der Waals surface area contributed by atoms with Crippen LogP contribution in [0.5, 0.6) is 5.88 Å². The number of hydrogen-bond acceptors (Lipinski definition) is 9. The number of halogens is 1. The van der Waals surface area contributed by atoms with Gasteiger partial charge < -0.3 is 25.0 Å². The summed E-state index contributed by atoms with van der Waals surface area (Å²) in [7, 11) is 1.58. The van der Waals surface area contributed by atoms with Crippen molar-refractivity contribution in [2.75, 3.05) is 30.8 Å². The lowest BCUT2D eigenvalue weighted by atomic mass is 10.0. The van der Waals surface area contributed by atoms with Crippen molar-refractivity contribution < 1.29 is 14.3 Å². The molecule has 3 aromatic rings. The van der Waals surface area contributed by atoms with Crippen LogP contribution >= 0.6 is 11.6 Å². The van der Waals surface area contributed by atoms with E-state index in [1.54, 1.807) is 36.4 Å². The Bertz CT molecular complexity index is 1250. The zero-order valence-electron chi connectivity index (χ0n) is 21.3. The largest absolute Gasteiger partial charge is 0.481 e. The highest BCUT2D eigenvalue weighted by Gasteiger charge is 2.43. The first-order valence-corrected chi connectivity index (χ1v) is 12.6. The van der Waals surface area contributed by atoms with Gasteiger partial charge in [-0.15, -0.1) is 0 Å². The molecule has 0 bridgehead atoms. The van der Waals surface area contributed by atoms with Gasteiger partial charge in [0, 0.05) is 25.2 Å². The first-order chi connectivity index (χ1) is 17.7. The number of fused-ring (bicyclic) bond motifs is 1. The number of hydrogen-bond donors (Lipinski definition) is 2. The summed E-state index contributed by atoms with van der Waals surface area (Å²) in [6.45, 7) is 7.11. The molecule has 1 amide bonds. The minimum Gasteiger partial charge on any atom is -0.481 e. The molecule has 1 saturated heterocycles. The van der Waals surface area contributed by atoms with E-state index in [0.29, 0.717) is 34.5 Å². The molecule has 2 aliphatic rings. The van der Waals surface area contributed by atoms with E-state index in [4.69, 9.17) is 21.1 Å². The Hall–Kier alpha value is -3.60. The lowest BCUT2D eigenvalue weighted by Crippen LogP contribution is -2.36. The molecule has 11 nitrogen and oxygen atoms in total. The summed E-state index contributed by atoms with van der Waals surface area (Å²) in [6, 6.07) is 3.87. The van der Waals surface area contributed by atoms with Gasteiger partial charge in [-0.1, -0.05) is 11.6 Å². The van der Waals surface area contributed by atoms with E-state index in [1.807, 2.05) is 37.9 Å². The zero-order chi connectivity index (χ0) is 26.2. The number of methoxy groups -OCH3 is 1. The number of ether oxygens (including phenoxy) is 2. The second kappa shape index (κ2) is 10.0. The highest BCUT2D eigenvalue weighted by atomic mass is 35.5. The van der Waals surface area contributed by atoms with E-state index in [9.17, 15) is 4.79 Å². The fourth-order valence-electron chi connectivity index (χ4n) is 4.90. The van der Waals surface area contributed by atoms with Crippen LogP contribution in [0.1, 0.15) is 33.6 Å². The lowest BCUT2D eigenvalue weighted by Gasteiger charge is -2.25. The smallest absolute Gasteiger partial charge is 0.410 e. The Labute approximate surface area is 220 Å². The number of aromatic nitrogens is 5. The predicted octanol–water partition coefficient (Wildman–Crippen LogP) is 4.52. The first kappa shape index (κ1) is 25.1. The van der Waals surface area contributed by atoms with Crippen molar-refractivity contribution in [2.24, 2.45) is 11.8 Å². The van der Waals surface area contributed by atoms with E-state index in [2.05, 4.69) is 30.7 Å². The molecule has 1 saturated carbocycles. The molecule has 0 spiro atoms. The third kappa shape index (κ3) is 5.87. The predicted molar refractivity (Wildman–Crippen MR) is 140 cm³/mol. The highest BCUT2D eigenvalue weighted by molar-refractivity contribution is 6.32. The molecule has 4 heterocycles. The van der Waals surface area contributed by atoms with Gasteiger partial charge in [0.15, 0.2) is 5.82 Å². The average Bonchev–Trinajstić information content (AvgIpc) is 3.56. The van der Waals surface area contributed by atoms with Crippen LogP contribution in [0, 0.1) is 11.8 Å². The summed E-state index contributed by atoms with van der Waals surface area (Å²) in [5.41, 5.74) is 1.03. The molecule has 2 fully saturated rings. The number of carbonyl (C=O) groups is 1. The lowest BCUT2D eigenvalue weighted by molar-refractivity contribution is 0.0280. The average molecular weight is 527 g/mol. The summed E-state index contributed by atoms with van der Waals surface area (Å²) in [6.07, 6.45) is 8.42. The first-order valence-electron chi connectivity index (χ1n) is 12.3. The summed E-state index contributed by atoms with van der Waals surface area (Å²) >= 11 is 6.42. The van der Waals surface area contributed by atoms with E-state index < -0.39 is 5.60 Å². The molecule has 37 heavy (non-hydrogen) atoms. The third-order valence-electron chi connectivity index (χ3n) is 6.52. The van der Waals surface area contributed by atoms with E-state index >= 15 is 0 Å². The standard InChI is InChI=1S/C25H31ClN8O3/c1-25(2,3)37-24(35)33-12-15-7-17(8-16(15)13-33)30-22-20(26)11-28-23(32-22)31-18-9-29-34(14-18)19-5-6-21(36-4)27-10-19/h5-6,9-11,14-17H,7-8,12-13H2,1-4H3,(H2,28,30,31,32). The second-order valence-corrected chi connectivity index (χ2v) is 10.9. The molecule has 2 unspecified atom stereocenters. The van der Waals surface area contributed by atoms with Crippen LogP contribution in [0.3, 0.4) is 0 Å². The van der Waals surface area contributed by atoms with Gasteiger partial charge in [-0.3, -0.25) is 0 Å². The monoisotopic (exact) mass is 526 g/mol. The molecular formula is C25H31ClN8O3. The molecule has 1 aliphatic carbocycles. The van der Waals surface area contributed by atoms with Crippen molar-refractivity contribution in [3.05, 3.63) is 41.9 Å². The van der Waals surface area contributed by atoms with Gasteiger partial charge >= 0.3 is 6.09 Å². The quantitative estimate of drug-likeness (QED) is 0.477. The van der Waals surface area contributed by atoms with Crippen LogP contribution in [-0.4, -0.2) is 67.6 Å². The summed E-state index contributed by atoms with van der Waals surface area (Å²) in [4.78, 5) is 27.4. The van der Waals surface area contributed by atoms with Crippen molar-refractivity contribution in [3.8, 4) is 11.6 Å². The number of anilines is 3. The number of carbonyl (C=O) groups excluding carboxylic acids is 1. The van der Waals surface area contributed by atoms with Gasteiger partial charge in [0.1, 0.15) is 10.6 Å². The minimum atomic E-state index is -0.486. The van der Waals surface area contributed by atoms with Crippen molar-refractivity contribution in [1.29, 1.82) is 0 Å². The maximum Gasteiger partial charge on any atom is 0.410 e. The van der Waals surface area contributed by atoms with Gasteiger partial charge in [0.2, 0.25) is 11.8 Å². The van der Waals surface area contributed by atoms with Crippen molar-refractivity contribution in [1.82, 2.24) is 29.6 Å². The third-order valence-corrected chi connectivity index (χ3v) is 6.80. The van der Waals surface area contributed by atoms with Crippen molar-refractivity contribution in [2.45, 2.75) is 45.3 Å².